The van der Waals surface area contributed by atoms with Crippen LogP contribution in [-0.2, 0) is 9.53 Å². The Morgan fingerprint density at radius 2 is 1.94 bits per heavy atom. The van der Waals surface area contributed by atoms with Crippen LogP contribution in [0.2, 0.25) is 0 Å². The SMILES string of the molecule is CC(/C=C(\N)C(=O)O)=C(/N)OCC(F)(F)F. The van der Waals surface area contributed by atoms with E-state index in [4.69, 9.17) is 16.6 Å². The third kappa shape index (κ3) is 5.78. The lowest BCUT2D eigenvalue weighted by Crippen LogP contribution is -2.20. The third-order valence-electron chi connectivity index (χ3n) is 1.40. The molecule has 5 N–H and O–H groups in total. The van der Waals surface area contributed by atoms with E-state index in [0.717, 1.165) is 6.08 Å². The number of allylic oxidation sites excluding steroid dienone is 2. The molecule has 0 rings (SSSR count). The molecule has 0 amide bonds. The summed E-state index contributed by atoms with van der Waals surface area (Å²) in [6.07, 6.45) is -3.60. The number of carboxylic acids is 1. The molecule has 0 saturated carbocycles. The van der Waals surface area contributed by atoms with Crippen molar-refractivity contribution in [3.8, 4) is 0 Å². The number of hydrogen-bond acceptors (Lipinski definition) is 4. The molecular formula is C8H11F3N2O3. The van der Waals surface area contributed by atoms with Crippen LogP contribution in [0.5, 0.6) is 0 Å². The number of carbonyl (C=O) groups is 1. The van der Waals surface area contributed by atoms with Crippen LogP contribution >= 0.6 is 0 Å². The Morgan fingerprint density at radius 3 is 2.31 bits per heavy atom. The minimum atomic E-state index is -4.51. The zero-order valence-corrected chi connectivity index (χ0v) is 8.34. The van der Waals surface area contributed by atoms with Crippen molar-refractivity contribution in [2.45, 2.75) is 13.1 Å². The molecule has 92 valence electrons. The molecule has 0 aliphatic heterocycles. The second-order valence-electron chi connectivity index (χ2n) is 2.86. The number of aliphatic carboxylic acids is 1. The molecule has 0 fully saturated rings. The molecule has 0 bridgehead atoms. The average Bonchev–Trinajstić information content (AvgIpc) is 2.12. The highest BCUT2D eigenvalue weighted by Gasteiger charge is 2.28. The van der Waals surface area contributed by atoms with Gasteiger partial charge in [-0.2, -0.15) is 13.2 Å². The normalized spacial score (nSPS) is 14.4. The van der Waals surface area contributed by atoms with Crippen molar-refractivity contribution < 1.29 is 27.8 Å². The van der Waals surface area contributed by atoms with Crippen molar-refractivity contribution in [3.63, 3.8) is 0 Å². The summed E-state index contributed by atoms with van der Waals surface area (Å²) >= 11 is 0. The van der Waals surface area contributed by atoms with E-state index in [9.17, 15) is 18.0 Å². The molecule has 0 unspecified atom stereocenters. The van der Waals surface area contributed by atoms with Gasteiger partial charge in [-0.1, -0.05) is 0 Å². The van der Waals surface area contributed by atoms with Crippen molar-refractivity contribution in [1.29, 1.82) is 0 Å². The second kappa shape index (κ2) is 5.29. The van der Waals surface area contributed by atoms with Crippen LogP contribution < -0.4 is 11.5 Å². The molecule has 0 radical (unpaired) electrons. The number of nitrogens with two attached hydrogens (primary N) is 2. The van der Waals surface area contributed by atoms with Crippen LogP contribution in [0.15, 0.2) is 23.2 Å². The number of halogens is 3. The monoisotopic (exact) mass is 240 g/mol. The fourth-order valence-corrected chi connectivity index (χ4v) is 0.640. The van der Waals surface area contributed by atoms with Gasteiger partial charge in [0.2, 0.25) is 0 Å². The highest BCUT2D eigenvalue weighted by Crippen LogP contribution is 2.16. The maximum absolute atomic E-state index is 11.7. The van der Waals surface area contributed by atoms with Gasteiger partial charge in [-0.25, -0.2) is 4.79 Å². The maximum atomic E-state index is 11.7. The number of rotatable bonds is 4. The summed E-state index contributed by atoms with van der Waals surface area (Å²) in [5.41, 5.74) is 9.63. The molecule has 0 heterocycles. The highest BCUT2D eigenvalue weighted by molar-refractivity contribution is 5.85. The van der Waals surface area contributed by atoms with Crippen molar-refractivity contribution in [1.82, 2.24) is 0 Å². The minimum Gasteiger partial charge on any atom is -0.477 e. The van der Waals surface area contributed by atoms with Crippen molar-refractivity contribution >= 4 is 5.97 Å². The Hall–Kier alpha value is -1.86. The zero-order chi connectivity index (χ0) is 12.9. The molecule has 0 aromatic heterocycles. The van der Waals surface area contributed by atoms with E-state index in [1.807, 2.05) is 0 Å². The lowest BCUT2D eigenvalue weighted by Gasteiger charge is -2.10. The number of carboxylic acid groups (broad SMARTS) is 1. The maximum Gasteiger partial charge on any atom is 0.422 e. The van der Waals surface area contributed by atoms with Crippen molar-refractivity contribution in [3.05, 3.63) is 23.2 Å². The Balaban J connectivity index is 4.60. The first-order valence-corrected chi connectivity index (χ1v) is 4.00. The van der Waals surface area contributed by atoms with E-state index in [2.05, 4.69) is 4.74 Å². The molecule has 0 aromatic carbocycles. The standard InChI is InChI=1S/C8H11F3N2O3/c1-4(2-5(12)7(14)15)6(13)16-3-8(9,10)11/h2H,3,12-13H2,1H3,(H,14,15)/b5-2-,6-4+. The van der Waals surface area contributed by atoms with Crippen LogP contribution in [0.25, 0.3) is 0 Å². The van der Waals surface area contributed by atoms with Crippen LogP contribution in [0, 0.1) is 0 Å². The van der Waals surface area contributed by atoms with E-state index >= 15 is 0 Å². The fourth-order valence-electron chi connectivity index (χ4n) is 0.640. The summed E-state index contributed by atoms with van der Waals surface area (Å²) in [5, 5.41) is 8.39. The summed E-state index contributed by atoms with van der Waals surface area (Å²) in [6, 6.07) is 0. The summed E-state index contributed by atoms with van der Waals surface area (Å²) in [7, 11) is 0. The fraction of sp³-hybridized carbons (Fsp3) is 0.375. The van der Waals surface area contributed by atoms with E-state index < -0.39 is 30.3 Å². The number of alkyl halides is 3. The van der Waals surface area contributed by atoms with Gasteiger partial charge in [0.1, 0.15) is 5.70 Å². The van der Waals surface area contributed by atoms with Gasteiger partial charge in [-0.3, -0.25) is 0 Å². The van der Waals surface area contributed by atoms with Crippen LogP contribution in [0.3, 0.4) is 0 Å². The smallest absolute Gasteiger partial charge is 0.422 e. The average molecular weight is 240 g/mol. The third-order valence-corrected chi connectivity index (χ3v) is 1.40. The molecule has 0 spiro atoms. The van der Waals surface area contributed by atoms with Gasteiger partial charge >= 0.3 is 12.1 Å². The topological polar surface area (TPSA) is 98.6 Å². The molecule has 0 aliphatic rings. The van der Waals surface area contributed by atoms with Gasteiger partial charge in [-0.15, -0.1) is 0 Å². The minimum absolute atomic E-state index is 0.00384. The quantitative estimate of drug-likeness (QED) is 0.381. The predicted octanol–water partition coefficient (Wildman–Crippen LogP) is 0.683. The van der Waals surface area contributed by atoms with Gasteiger partial charge in [0.05, 0.1) is 0 Å². The van der Waals surface area contributed by atoms with Crippen molar-refractivity contribution in [2.75, 3.05) is 6.61 Å². The van der Waals surface area contributed by atoms with Gasteiger partial charge in [0.25, 0.3) is 0 Å². The Kier molecular flexibility index (Phi) is 4.67. The lowest BCUT2D eigenvalue weighted by atomic mass is 10.2. The highest BCUT2D eigenvalue weighted by atomic mass is 19.4. The van der Waals surface area contributed by atoms with Gasteiger partial charge in [-0.05, 0) is 13.0 Å². The Labute approximate surface area is 89.2 Å². The first-order chi connectivity index (χ1) is 7.13. The predicted molar refractivity (Wildman–Crippen MR) is 48.8 cm³/mol. The van der Waals surface area contributed by atoms with E-state index in [-0.39, 0.29) is 5.57 Å². The second-order valence-corrected chi connectivity index (χ2v) is 2.86. The largest absolute Gasteiger partial charge is 0.477 e. The molecule has 5 nitrogen and oxygen atoms in total. The van der Waals surface area contributed by atoms with E-state index in [0.29, 0.717) is 0 Å². The molecular weight excluding hydrogens is 229 g/mol. The molecule has 0 atom stereocenters. The van der Waals surface area contributed by atoms with Crippen LogP contribution in [0.1, 0.15) is 6.92 Å². The number of ether oxygens (including phenoxy) is 1. The molecule has 0 saturated heterocycles. The summed E-state index contributed by atoms with van der Waals surface area (Å²) < 4.78 is 39.4. The molecule has 8 heteroatoms. The Morgan fingerprint density at radius 1 is 1.44 bits per heavy atom. The Bertz CT molecular complexity index is 334. The zero-order valence-electron chi connectivity index (χ0n) is 8.34. The van der Waals surface area contributed by atoms with Crippen LogP contribution in [0.4, 0.5) is 13.2 Å². The van der Waals surface area contributed by atoms with Gasteiger partial charge in [0.15, 0.2) is 12.5 Å². The molecule has 0 aliphatic carbocycles. The summed E-state index contributed by atoms with van der Waals surface area (Å²) in [4.78, 5) is 10.3. The van der Waals surface area contributed by atoms with Crippen molar-refractivity contribution in [2.24, 2.45) is 11.5 Å². The first-order valence-electron chi connectivity index (χ1n) is 4.00. The summed E-state index contributed by atoms with van der Waals surface area (Å²) in [5.74, 6) is -1.93. The lowest BCUT2D eigenvalue weighted by molar-refractivity contribution is -0.165. The van der Waals surface area contributed by atoms with E-state index in [1.54, 1.807) is 0 Å². The van der Waals surface area contributed by atoms with Crippen LogP contribution in [-0.4, -0.2) is 23.9 Å². The first kappa shape index (κ1) is 14.1. The van der Waals surface area contributed by atoms with Gasteiger partial charge in [0, 0.05) is 5.57 Å². The summed E-state index contributed by atoms with van der Waals surface area (Å²) in [6.45, 7) is -0.265. The molecule has 16 heavy (non-hydrogen) atoms. The number of hydrogen-bond donors (Lipinski definition) is 3. The van der Waals surface area contributed by atoms with E-state index in [1.165, 1.54) is 6.92 Å². The molecule has 0 aromatic rings. The van der Waals surface area contributed by atoms with Gasteiger partial charge < -0.3 is 21.3 Å².